The molecule has 1 saturated heterocycles. The van der Waals surface area contributed by atoms with Gasteiger partial charge in [0.25, 0.3) is 0 Å². The van der Waals surface area contributed by atoms with E-state index in [4.69, 9.17) is 0 Å². The zero-order valence-electron chi connectivity index (χ0n) is 11.7. The summed E-state index contributed by atoms with van der Waals surface area (Å²) in [5, 5.41) is 0. The highest BCUT2D eigenvalue weighted by atomic mass is 15.2. The average molecular weight is 244 g/mol. The highest BCUT2D eigenvalue weighted by Crippen LogP contribution is 2.54. The molecule has 1 saturated carbocycles. The second-order valence-electron chi connectivity index (χ2n) is 7.02. The van der Waals surface area contributed by atoms with E-state index in [0.717, 1.165) is 5.82 Å². The summed E-state index contributed by atoms with van der Waals surface area (Å²) >= 11 is 0. The molecule has 0 N–H and O–H groups in total. The normalized spacial score (nSPS) is 25.6. The monoisotopic (exact) mass is 244 g/mol. The van der Waals surface area contributed by atoms with E-state index < -0.39 is 0 Å². The van der Waals surface area contributed by atoms with E-state index in [-0.39, 0.29) is 0 Å². The van der Waals surface area contributed by atoms with Crippen LogP contribution in [-0.4, -0.2) is 18.1 Å². The smallest absolute Gasteiger partial charge is 0.128 e. The predicted octanol–water partition coefficient (Wildman–Crippen LogP) is 3.88. The highest BCUT2D eigenvalue weighted by Gasteiger charge is 2.44. The number of nitrogens with zero attached hydrogens (tertiary/aromatic N) is 2. The summed E-state index contributed by atoms with van der Waals surface area (Å²) in [6.45, 7) is 7.25. The van der Waals surface area contributed by atoms with E-state index >= 15 is 0 Å². The van der Waals surface area contributed by atoms with Gasteiger partial charge in [0.2, 0.25) is 0 Å². The first-order valence-corrected chi connectivity index (χ1v) is 7.25. The molecule has 0 amide bonds. The van der Waals surface area contributed by atoms with Crippen LogP contribution in [0.3, 0.4) is 0 Å². The molecule has 1 aromatic rings. The SMILES string of the molecule is CC1(C)CCC2(CCN(c3ccccn3)CC2)C1. The van der Waals surface area contributed by atoms with Gasteiger partial charge in [0.1, 0.15) is 5.82 Å². The lowest BCUT2D eigenvalue weighted by Gasteiger charge is -2.40. The van der Waals surface area contributed by atoms with Crippen LogP contribution in [0, 0.1) is 10.8 Å². The van der Waals surface area contributed by atoms with Crippen molar-refractivity contribution in [3.05, 3.63) is 24.4 Å². The van der Waals surface area contributed by atoms with Gasteiger partial charge < -0.3 is 4.90 Å². The maximum atomic E-state index is 4.47. The minimum absolute atomic E-state index is 0.577. The Morgan fingerprint density at radius 1 is 1.06 bits per heavy atom. The van der Waals surface area contributed by atoms with Gasteiger partial charge in [-0.2, -0.15) is 0 Å². The van der Waals surface area contributed by atoms with Crippen molar-refractivity contribution < 1.29 is 0 Å². The van der Waals surface area contributed by atoms with Gasteiger partial charge in [-0.25, -0.2) is 4.98 Å². The maximum Gasteiger partial charge on any atom is 0.128 e. The van der Waals surface area contributed by atoms with Gasteiger partial charge in [-0.1, -0.05) is 19.9 Å². The number of rotatable bonds is 1. The molecule has 98 valence electrons. The zero-order valence-corrected chi connectivity index (χ0v) is 11.7. The van der Waals surface area contributed by atoms with E-state index in [2.05, 4.69) is 35.9 Å². The van der Waals surface area contributed by atoms with E-state index in [0.29, 0.717) is 10.8 Å². The third-order valence-electron chi connectivity index (χ3n) is 4.98. The molecule has 2 heterocycles. The largest absolute Gasteiger partial charge is 0.357 e. The van der Waals surface area contributed by atoms with Gasteiger partial charge in [0.15, 0.2) is 0 Å². The fourth-order valence-electron chi connectivity index (χ4n) is 3.97. The summed E-state index contributed by atoms with van der Waals surface area (Å²) in [4.78, 5) is 6.93. The van der Waals surface area contributed by atoms with Crippen LogP contribution in [0.2, 0.25) is 0 Å². The van der Waals surface area contributed by atoms with Gasteiger partial charge in [-0.05, 0) is 55.1 Å². The van der Waals surface area contributed by atoms with Crippen molar-refractivity contribution in [2.45, 2.75) is 46.0 Å². The summed E-state index contributed by atoms with van der Waals surface area (Å²) in [7, 11) is 0. The Balaban J connectivity index is 1.65. The Bertz CT molecular complexity index is 402. The number of hydrogen-bond acceptors (Lipinski definition) is 2. The minimum atomic E-state index is 0.577. The molecule has 2 nitrogen and oxygen atoms in total. The van der Waals surface area contributed by atoms with Crippen LogP contribution in [0.5, 0.6) is 0 Å². The third kappa shape index (κ3) is 2.25. The van der Waals surface area contributed by atoms with Crippen molar-refractivity contribution in [2.24, 2.45) is 10.8 Å². The van der Waals surface area contributed by atoms with Crippen molar-refractivity contribution in [1.82, 2.24) is 4.98 Å². The number of piperidine rings is 1. The van der Waals surface area contributed by atoms with Crippen LogP contribution in [0.15, 0.2) is 24.4 Å². The van der Waals surface area contributed by atoms with Crippen molar-refractivity contribution in [3.8, 4) is 0 Å². The second kappa shape index (κ2) is 4.25. The lowest BCUT2D eigenvalue weighted by molar-refractivity contribution is 0.199. The molecule has 1 aliphatic heterocycles. The van der Waals surface area contributed by atoms with Crippen molar-refractivity contribution >= 4 is 5.82 Å². The van der Waals surface area contributed by atoms with Crippen LogP contribution >= 0.6 is 0 Å². The van der Waals surface area contributed by atoms with Gasteiger partial charge in [-0.3, -0.25) is 0 Å². The van der Waals surface area contributed by atoms with Crippen LogP contribution in [0.4, 0.5) is 5.82 Å². The van der Waals surface area contributed by atoms with Crippen molar-refractivity contribution in [2.75, 3.05) is 18.0 Å². The third-order valence-corrected chi connectivity index (χ3v) is 4.98. The molecule has 1 aliphatic carbocycles. The Kier molecular flexibility index (Phi) is 2.84. The maximum absolute atomic E-state index is 4.47. The molecule has 3 rings (SSSR count). The summed E-state index contributed by atoms with van der Waals surface area (Å²) in [6.07, 6.45) is 8.89. The molecular formula is C16H24N2. The first kappa shape index (κ1) is 12.0. The highest BCUT2D eigenvalue weighted by molar-refractivity contribution is 5.38. The Hall–Kier alpha value is -1.05. The molecule has 0 atom stereocenters. The van der Waals surface area contributed by atoms with Gasteiger partial charge in [0.05, 0.1) is 0 Å². The Labute approximate surface area is 110 Å². The summed E-state index contributed by atoms with van der Waals surface area (Å²) < 4.78 is 0. The molecular weight excluding hydrogens is 220 g/mol. The molecule has 0 unspecified atom stereocenters. The van der Waals surface area contributed by atoms with Crippen LogP contribution < -0.4 is 4.90 Å². The fraction of sp³-hybridized carbons (Fsp3) is 0.688. The molecule has 2 heteroatoms. The lowest BCUT2D eigenvalue weighted by atomic mass is 9.74. The Morgan fingerprint density at radius 2 is 1.83 bits per heavy atom. The van der Waals surface area contributed by atoms with Gasteiger partial charge >= 0.3 is 0 Å². The predicted molar refractivity (Wildman–Crippen MR) is 75.7 cm³/mol. The molecule has 0 bridgehead atoms. The Morgan fingerprint density at radius 3 is 2.39 bits per heavy atom. The fourth-order valence-corrected chi connectivity index (χ4v) is 3.97. The van der Waals surface area contributed by atoms with E-state index in [1.54, 1.807) is 0 Å². The zero-order chi connectivity index (χ0) is 12.6. The van der Waals surface area contributed by atoms with Gasteiger partial charge in [0, 0.05) is 19.3 Å². The minimum Gasteiger partial charge on any atom is -0.357 e. The molecule has 0 aromatic carbocycles. The van der Waals surface area contributed by atoms with E-state index in [1.807, 2.05) is 12.3 Å². The summed E-state index contributed by atoms with van der Waals surface area (Å²) in [5.74, 6) is 1.16. The van der Waals surface area contributed by atoms with Crippen LogP contribution in [-0.2, 0) is 0 Å². The number of aromatic nitrogens is 1. The van der Waals surface area contributed by atoms with Crippen LogP contribution in [0.25, 0.3) is 0 Å². The molecule has 1 aromatic heterocycles. The number of anilines is 1. The van der Waals surface area contributed by atoms with Crippen molar-refractivity contribution in [3.63, 3.8) is 0 Å². The topological polar surface area (TPSA) is 16.1 Å². The quantitative estimate of drug-likeness (QED) is 0.745. The molecule has 2 aliphatic rings. The molecule has 1 spiro atoms. The molecule has 18 heavy (non-hydrogen) atoms. The lowest BCUT2D eigenvalue weighted by Crippen LogP contribution is -2.39. The van der Waals surface area contributed by atoms with Crippen molar-refractivity contribution in [1.29, 1.82) is 0 Å². The first-order chi connectivity index (χ1) is 8.59. The van der Waals surface area contributed by atoms with E-state index in [1.165, 1.54) is 45.2 Å². The molecule has 0 radical (unpaired) electrons. The average Bonchev–Trinajstić information content (AvgIpc) is 2.67. The number of hydrogen-bond donors (Lipinski definition) is 0. The summed E-state index contributed by atoms with van der Waals surface area (Å²) in [6, 6.07) is 6.22. The summed E-state index contributed by atoms with van der Waals surface area (Å²) in [5.41, 5.74) is 1.22. The first-order valence-electron chi connectivity index (χ1n) is 7.25. The van der Waals surface area contributed by atoms with Gasteiger partial charge in [-0.15, -0.1) is 0 Å². The standard InChI is InChI=1S/C16H24N2/c1-15(2)6-7-16(13-15)8-11-18(12-9-16)14-5-3-4-10-17-14/h3-5,10H,6-9,11-13H2,1-2H3. The van der Waals surface area contributed by atoms with E-state index in [9.17, 15) is 0 Å². The molecule has 2 fully saturated rings. The number of pyridine rings is 1. The second-order valence-corrected chi connectivity index (χ2v) is 7.02. The van der Waals surface area contributed by atoms with Crippen LogP contribution in [0.1, 0.15) is 46.0 Å².